The van der Waals surface area contributed by atoms with Gasteiger partial charge in [0.15, 0.2) is 5.78 Å². The van der Waals surface area contributed by atoms with Crippen LogP contribution in [-0.2, 0) is 9.53 Å². The third-order valence-electron chi connectivity index (χ3n) is 2.58. The highest BCUT2D eigenvalue weighted by Crippen LogP contribution is 2.48. The summed E-state index contributed by atoms with van der Waals surface area (Å²) >= 11 is 0. The Morgan fingerprint density at radius 2 is 2.64 bits per heavy atom. The fourth-order valence-electron chi connectivity index (χ4n) is 1.94. The molecule has 2 aliphatic rings. The summed E-state index contributed by atoms with van der Waals surface area (Å²) in [4.78, 5) is 11.2. The average Bonchev–Trinajstić information content (AvgIpc) is 2.65. The number of Topliss-reactive ketones (excluding diaryl/α,β-unsaturated/α-hetero) is 1. The van der Waals surface area contributed by atoms with Crippen molar-refractivity contribution in [2.45, 2.75) is 37.4 Å². The summed E-state index contributed by atoms with van der Waals surface area (Å²) in [5.74, 6) is 0.290. The Bertz CT molecular complexity index is 210. The first-order valence-electron chi connectivity index (χ1n) is 4.10. The highest BCUT2D eigenvalue weighted by molar-refractivity contribution is 5.88. The lowest BCUT2D eigenvalue weighted by Gasteiger charge is -2.13. The van der Waals surface area contributed by atoms with Crippen molar-refractivity contribution in [1.82, 2.24) is 0 Å². The number of ketones is 1. The molecule has 0 aromatic rings. The topological polar surface area (TPSA) is 29.6 Å². The van der Waals surface area contributed by atoms with Gasteiger partial charge in [-0.3, -0.25) is 4.79 Å². The Kier molecular flexibility index (Phi) is 1.39. The van der Waals surface area contributed by atoms with Gasteiger partial charge in [-0.1, -0.05) is 6.08 Å². The fourth-order valence-corrected chi connectivity index (χ4v) is 1.94. The predicted octanol–water partition coefficient (Wildman–Crippen LogP) is 1.45. The second-order valence-corrected chi connectivity index (χ2v) is 3.38. The van der Waals surface area contributed by atoms with Crippen LogP contribution in [0.5, 0.6) is 0 Å². The van der Waals surface area contributed by atoms with Gasteiger partial charge in [0.25, 0.3) is 0 Å². The zero-order chi connectivity index (χ0) is 7.90. The van der Waals surface area contributed by atoms with Gasteiger partial charge >= 0.3 is 0 Å². The number of rotatable bonds is 2. The first-order valence-corrected chi connectivity index (χ1v) is 4.10. The van der Waals surface area contributed by atoms with Crippen LogP contribution in [0.2, 0.25) is 0 Å². The number of carbonyl (C=O) groups excluding carboxylic acids is 1. The van der Waals surface area contributed by atoms with E-state index in [4.69, 9.17) is 4.74 Å². The van der Waals surface area contributed by atoms with Gasteiger partial charge in [-0.05, 0) is 19.3 Å². The van der Waals surface area contributed by atoms with Gasteiger partial charge in [-0.15, -0.1) is 6.58 Å². The van der Waals surface area contributed by atoms with E-state index in [9.17, 15) is 4.79 Å². The summed E-state index contributed by atoms with van der Waals surface area (Å²) in [7, 11) is 0. The van der Waals surface area contributed by atoms with Gasteiger partial charge in [0.1, 0.15) is 11.7 Å². The molecule has 0 aromatic carbocycles. The minimum atomic E-state index is -0.100. The third-order valence-corrected chi connectivity index (χ3v) is 2.58. The van der Waals surface area contributed by atoms with Crippen molar-refractivity contribution in [2.75, 3.05) is 0 Å². The molecule has 0 N–H and O–H groups in total. The summed E-state index contributed by atoms with van der Waals surface area (Å²) in [6.45, 7) is 3.66. The van der Waals surface area contributed by atoms with Crippen LogP contribution in [0.4, 0.5) is 0 Å². The molecular weight excluding hydrogens is 140 g/mol. The average molecular weight is 152 g/mol. The van der Waals surface area contributed by atoms with Crippen LogP contribution < -0.4 is 0 Å². The Labute approximate surface area is 66.2 Å². The molecule has 0 bridgehead atoms. The maximum absolute atomic E-state index is 11.2. The van der Waals surface area contributed by atoms with Gasteiger partial charge in [0, 0.05) is 6.42 Å². The van der Waals surface area contributed by atoms with Crippen LogP contribution in [-0.4, -0.2) is 17.5 Å². The minimum absolute atomic E-state index is 0.0748. The van der Waals surface area contributed by atoms with Gasteiger partial charge in [0.2, 0.25) is 0 Å². The van der Waals surface area contributed by atoms with E-state index in [0.29, 0.717) is 6.42 Å². The van der Waals surface area contributed by atoms with Crippen LogP contribution in [0, 0.1) is 0 Å². The summed E-state index contributed by atoms with van der Waals surface area (Å²) in [6, 6.07) is 0. The molecule has 0 spiro atoms. The van der Waals surface area contributed by atoms with Crippen molar-refractivity contribution in [2.24, 2.45) is 0 Å². The molecule has 1 saturated carbocycles. The molecule has 1 heterocycles. The lowest BCUT2D eigenvalue weighted by atomic mass is 9.86. The molecule has 2 nitrogen and oxygen atoms in total. The predicted molar refractivity (Wildman–Crippen MR) is 41.3 cm³/mol. The summed E-state index contributed by atoms with van der Waals surface area (Å²) < 4.78 is 5.40. The first-order chi connectivity index (χ1) is 5.28. The van der Waals surface area contributed by atoms with Crippen LogP contribution >= 0.6 is 0 Å². The molecular formula is C9H12O2. The van der Waals surface area contributed by atoms with E-state index >= 15 is 0 Å². The molecule has 1 aliphatic heterocycles. The normalized spacial score (nSPS) is 41.5. The lowest BCUT2D eigenvalue weighted by molar-refractivity contribution is -0.120. The summed E-state index contributed by atoms with van der Waals surface area (Å²) in [5.41, 5.74) is -0.100. The van der Waals surface area contributed by atoms with E-state index in [2.05, 4.69) is 6.58 Å². The number of hydrogen-bond donors (Lipinski definition) is 0. The number of carbonyl (C=O) groups is 1. The van der Waals surface area contributed by atoms with E-state index in [1.807, 2.05) is 6.08 Å². The molecule has 0 radical (unpaired) electrons. The van der Waals surface area contributed by atoms with E-state index in [1.165, 1.54) is 0 Å². The van der Waals surface area contributed by atoms with E-state index < -0.39 is 0 Å². The fraction of sp³-hybridized carbons (Fsp3) is 0.667. The van der Waals surface area contributed by atoms with Crippen LogP contribution in [0.15, 0.2) is 12.7 Å². The molecule has 2 atom stereocenters. The van der Waals surface area contributed by atoms with Crippen LogP contribution in [0.25, 0.3) is 0 Å². The summed E-state index contributed by atoms with van der Waals surface area (Å²) in [6.07, 6.45) is 5.35. The molecule has 0 aromatic heterocycles. The second kappa shape index (κ2) is 2.18. The van der Waals surface area contributed by atoms with Gasteiger partial charge in [-0.25, -0.2) is 0 Å². The Morgan fingerprint density at radius 3 is 3.36 bits per heavy atom. The molecule has 11 heavy (non-hydrogen) atoms. The first kappa shape index (κ1) is 7.04. The number of fused-ring (bicyclic) bond motifs is 1. The van der Waals surface area contributed by atoms with Gasteiger partial charge in [0.05, 0.1) is 0 Å². The van der Waals surface area contributed by atoms with Crippen LogP contribution in [0.1, 0.15) is 25.7 Å². The number of ether oxygens (including phenoxy) is 1. The second-order valence-electron chi connectivity index (χ2n) is 3.38. The van der Waals surface area contributed by atoms with Crippen molar-refractivity contribution in [3.8, 4) is 0 Å². The van der Waals surface area contributed by atoms with Crippen molar-refractivity contribution in [3.63, 3.8) is 0 Å². The Morgan fingerprint density at radius 1 is 1.82 bits per heavy atom. The van der Waals surface area contributed by atoms with E-state index in [1.54, 1.807) is 0 Å². The van der Waals surface area contributed by atoms with Gasteiger partial charge in [-0.2, -0.15) is 0 Å². The number of epoxide rings is 1. The maximum Gasteiger partial charge on any atom is 0.164 e. The maximum atomic E-state index is 11.2. The lowest BCUT2D eigenvalue weighted by Crippen LogP contribution is -2.25. The standard InChI is InChI=1S/C9H12O2/c1-2-5-9-6-3-4-7(10)8(9)11-9/h2,8H,1,3-6H2/t8-,9+/m1/s1. The number of hydrogen-bond acceptors (Lipinski definition) is 2. The molecule has 2 fully saturated rings. The van der Waals surface area contributed by atoms with Crippen molar-refractivity contribution in [3.05, 3.63) is 12.7 Å². The van der Waals surface area contributed by atoms with Crippen molar-refractivity contribution in [1.29, 1.82) is 0 Å². The molecule has 1 aliphatic carbocycles. The third kappa shape index (κ3) is 0.932. The highest BCUT2D eigenvalue weighted by Gasteiger charge is 2.60. The molecule has 0 unspecified atom stereocenters. The minimum Gasteiger partial charge on any atom is -0.357 e. The largest absolute Gasteiger partial charge is 0.357 e. The van der Waals surface area contributed by atoms with Gasteiger partial charge < -0.3 is 4.74 Å². The monoisotopic (exact) mass is 152 g/mol. The highest BCUT2D eigenvalue weighted by atomic mass is 16.6. The molecule has 2 heteroatoms. The Hall–Kier alpha value is -0.630. The van der Waals surface area contributed by atoms with E-state index in [0.717, 1.165) is 19.3 Å². The molecule has 60 valence electrons. The van der Waals surface area contributed by atoms with Crippen LogP contribution in [0.3, 0.4) is 0 Å². The zero-order valence-corrected chi connectivity index (χ0v) is 6.51. The summed E-state index contributed by atoms with van der Waals surface area (Å²) in [5, 5.41) is 0. The van der Waals surface area contributed by atoms with E-state index in [-0.39, 0.29) is 17.5 Å². The Balaban J connectivity index is 2.08. The smallest absolute Gasteiger partial charge is 0.164 e. The quantitative estimate of drug-likeness (QED) is 0.442. The molecule has 2 rings (SSSR count). The van der Waals surface area contributed by atoms with Crippen molar-refractivity contribution >= 4 is 5.78 Å². The molecule has 1 saturated heterocycles. The molecule has 0 amide bonds. The zero-order valence-electron chi connectivity index (χ0n) is 6.51. The SMILES string of the molecule is C=CC[C@]12CCCC(=O)[C@H]1O2. The van der Waals surface area contributed by atoms with Crippen molar-refractivity contribution < 1.29 is 9.53 Å².